The molecule has 0 saturated carbocycles. The van der Waals surface area contributed by atoms with E-state index in [0.29, 0.717) is 60.4 Å². The number of nitrogens with zero attached hydrogens (tertiary/aromatic N) is 2. The lowest BCUT2D eigenvalue weighted by Crippen LogP contribution is -2.48. The molecule has 0 aliphatic carbocycles. The number of likely N-dealkylation sites (tertiary alicyclic amines) is 1. The van der Waals surface area contributed by atoms with E-state index in [1.165, 1.54) is 31.4 Å². The van der Waals surface area contributed by atoms with Crippen LogP contribution in [0.15, 0.2) is 54.6 Å². The Bertz CT molecular complexity index is 1460. The SMILES string of the molecule is COC(=O)c1ccc(C(=O)N2CC3(CCN(C(=O)c4ccc(F)c(F)c4)CC3)c3cc(F)ccc32)c(C)c1. The first-order valence-electron chi connectivity index (χ1n) is 12.2. The molecule has 2 aliphatic rings. The van der Waals surface area contributed by atoms with Crippen molar-refractivity contribution in [2.75, 3.05) is 31.6 Å². The third kappa shape index (κ3) is 4.31. The maximum atomic E-state index is 14.4. The van der Waals surface area contributed by atoms with Gasteiger partial charge in [-0.2, -0.15) is 0 Å². The zero-order valence-electron chi connectivity index (χ0n) is 20.9. The molecular formula is C29H25F3N2O4. The summed E-state index contributed by atoms with van der Waals surface area (Å²) in [7, 11) is 1.29. The van der Waals surface area contributed by atoms with Gasteiger partial charge >= 0.3 is 5.97 Å². The van der Waals surface area contributed by atoms with Crippen LogP contribution in [-0.4, -0.2) is 49.4 Å². The van der Waals surface area contributed by atoms with Crippen LogP contribution in [0.3, 0.4) is 0 Å². The number of aryl methyl sites for hydroxylation is 1. The fourth-order valence-corrected chi connectivity index (χ4v) is 5.49. The first kappa shape index (κ1) is 25.5. The molecule has 2 heterocycles. The van der Waals surface area contributed by atoms with Crippen molar-refractivity contribution < 1.29 is 32.3 Å². The van der Waals surface area contributed by atoms with Crippen LogP contribution in [0.5, 0.6) is 0 Å². The number of ether oxygens (including phenoxy) is 1. The topological polar surface area (TPSA) is 66.9 Å². The van der Waals surface area contributed by atoms with Crippen molar-refractivity contribution in [3.8, 4) is 0 Å². The van der Waals surface area contributed by atoms with Gasteiger partial charge in [-0.3, -0.25) is 9.59 Å². The number of piperidine rings is 1. The van der Waals surface area contributed by atoms with Gasteiger partial charge in [0, 0.05) is 41.9 Å². The summed E-state index contributed by atoms with van der Waals surface area (Å²) in [6.45, 7) is 2.65. The average Bonchev–Trinajstić information content (AvgIpc) is 3.22. The van der Waals surface area contributed by atoms with Crippen LogP contribution in [0.1, 0.15) is 55.0 Å². The summed E-state index contributed by atoms with van der Waals surface area (Å²) in [5.41, 5.74) is 2.14. The molecule has 0 aromatic heterocycles. The standard InChI is InChI=1S/C29H25F3N2O4/c1-17-13-19(28(37)38-2)3-6-21(17)27(36)34-16-29(22-15-20(30)5-8-25(22)34)9-11-33(12-10-29)26(35)18-4-7-23(31)24(32)14-18/h3-8,13-15H,9-12,16H2,1-2H3. The molecule has 3 aromatic carbocycles. The Morgan fingerprint density at radius 1 is 0.842 bits per heavy atom. The Kier molecular flexibility index (Phi) is 6.46. The van der Waals surface area contributed by atoms with Crippen LogP contribution in [0.25, 0.3) is 0 Å². The number of hydrogen-bond donors (Lipinski definition) is 0. The number of benzene rings is 3. The van der Waals surface area contributed by atoms with Crippen LogP contribution in [0.4, 0.5) is 18.9 Å². The summed E-state index contributed by atoms with van der Waals surface area (Å²) in [6, 6.07) is 12.1. The average molecular weight is 523 g/mol. The van der Waals surface area contributed by atoms with Gasteiger partial charge in [-0.05, 0) is 85.5 Å². The highest BCUT2D eigenvalue weighted by molar-refractivity contribution is 6.09. The molecule has 0 N–H and O–H groups in total. The van der Waals surface area contributed by atoms with Gasteiger partial charge in [0.1, 0.15) is 5.82 Å². The van der Waals surface area contributed by atoms with Crippen LogP contribution in [-0.2, 0) is 10.2 Å². The zero-order chi connectivity index (χ0) is 27.2. The predicted molar refractivity (Wildman–Crippen MR) is 134 cm³/mol. The highest BCUT2D eigenvalue weighted by Gasteiger charge is 2.47. The molecule has 6 nitrogen and oxygen atoms in total. The fraction of sp³-hybridized carbons (Fsp3) is 0.276. The molecule has 196 valence electrons. The van der Waals surface area contributed by atoms with Gasteiger partial charge in [0.25, 0.3) is 11.8 Å². The number of carbonyl (C=O) groups excluding carboxylic acids is 3. The minimum atomic E-state index is -1.09. The number of halogens is 3. The summed E-state index contributed by atoms with van der Waals surface area (Å²) in [4.78, 5) is 41.7. The van der Waals surface area contributed by atoms with Crippen molar-refractivity contribution in [1.82, 2.24) is 4.90 Å². The molecule has 2 amide bonds. The molecule has 0 unspecified atom stereocenters. The molecule has 1 saturated heterocycles. The lowest BCUT2D eigenvalue weighted by atomic mass is 9.74. The van der Waals surface area contributed by atoms with E-state index in [4.69, 9.17) is 4.74 Å². The van der Waals surface area contributed by atoms with Crippen LogP contribution < -0.4 is 4.90 Å². The number of esters is 1. The predicted octanol–water partition coefficient (Wildman–Crippen LogP) is 5.03. The van der Waals surface area contributed by atoms with Crippen LogP contribution in [0.2, 0.25) is 0 Å². The third-order valence-electron chi connectivity index (χ3n) is 7.58. The van der Waals surface area contributed by atoms with Crippen molar-refractivity contribution in [3.05, 3.63) is 99.9 Å². The van der Waals surface area contributed by atoms with Gasteiger partial charge in [0.2, 0.25) is 0 Å². The van der Waals surface area contributed by atoms with E-state index in [-0.39, 0.29) is 11.5 Å². The number of methoxy groups -OCH3 is 1. The molecule has 9 heteroatoms. The second-order valence-electron chi connectivity index (χ2n) is 9.78. The molecule has 0 atom stereocenters. The summed E-state index contributed by atoms with van der Waals surface area (Å²) < 4.78 is 46.1. The normalized spacial score (nSPS) is 15.9. The van der Waals surface area contributed by atoms with Crippen molar-refractivity contribution in [3.63, 3.8) is 0 Å². The summed E-state index contributed by atoms with van der Waals surface area (Å²) in [6.07, 6.45) is 0.922. The molecule has 38 heavy (non-hydrogen) atoms. The highest BCUT2D eigenvalue weighted by atomic mass is 19.2. The van der Waals surface area contributed by atoms with E-state index in [1.54, 1.807) is 34.9 Å². The second kappa shape index (κ2) is 9.63. The maximum Gasteiger partial charge on any atom is 0.337 e. The van der Waals surface area contributed by atoms with Crippen molar-refractivity contribution in [2.45, 2.75) is 25.2 Å². The Hall–Kier alpha value is -4.14. The Labute approximate surface area is 217 Å². The van der Waals surface area contributed by atoms with Crippen molar-refractivity contribution in [2.24, 2.45) is 0 Å². The van der Waals surface area contributed by atoms with E-state index < -0.39 is 34.7 Å². The van der Waals surface area contributed by atoms with E-state index in [1.807, 2.05) is 0 Å². The molecule has 0 bridgehead atoms. The largest absolute Gasteiger partial charge is 0.465 e. The van der Waals surface area contributed by atoms with E-state index in [2.05, 4.69) is 0 Å². The molecule has 1 spiro atoms. The summed E-state index contributed by atoms with van der Waals surface area (Å²) in [5.74, 6) is -3.72. The first-order valence-corrected chi connectivity index (χ1v) is 12.2. The number of fused-ring (bicyclic) bond motifs is 2. The van der Waals surface area contributed by atoms with Gasteiger partial charge in [0.15, 0.2) is 11.6 Å². The fourth-order valence-electron chi connectivity index (χ4n) is 5.49. The molecular weight excluding hydrogens is 497 g/mol. The van der Waals surface area contributed by atoms with Crippen LogP contribution in [0, 0.1) is 24.4 Å². The Balaban J connectivity index is 1.40. The smallest absolute Gasteiger partial charge is 0.337 e. The Morgan fingerprint density at radius 2 is 1.55 bits per heavy atom. The Morgan fingerprint density at radius 3 is 2.21 bits per heavy atom. The molecule has 1 fully saturated rings. The number of anilines is 1. The zero-order valence-corrected chi connectivity index (χ0v) is 20.9. The van der Waals surface area contributed by atoms with E-state index in [0.717, 1.165) is 12.1 Å². The first-order chi connectivity index (χ1) is 18.1. The van der Waals surface area contributed by atoms with E-state index >= 15 is 0 Å². The highest BCUT2D eigenvalue weighted by Crippen LogP contribution is 2.48. The lowest BCUT2D eigenvalue weighted by Gasteiger charge is -2.40. The lowest BCUT2D eigenvalue weighted by molar-refractivity contribution is 0.0599. The second-order valence-corrected chi connectivity index (χ2v) is 9.78. The van der Waals surface area contributed by atoms with Crippen molar-refractivity contribution in [1.29, 1.82) is 0 Å². The van der Waals surface area contributed by atoms with Crippen LogP contribution >= 0.6 is 0 Å². The number of amides is 2. The minimum Gasteiger partial charge on any atom is -0.465 e. The monoisotopic (exact) mass is 522 g/mol. The van der Waals surface area contributed by atoms with Crippen molar-refractivity contribution >= 4 is 23.5 Å². The molecule has 0 radical (unpaired) electrons. The minimum absolute atomic E-state index is 0.0559. The maximum absolute atomic E-state index is 14.4. The van der Waals surface area contributed by atoms with Gasteiger partial charge < -0.3 is 14.5 Å². The molecule has 5 rings (SSSR count). The summed E-state index contributed by atoms with van der Waals surface area (Å²) >= 11 is 0. The van der Waals surface area contributed by atoms with E-state index in [9.17, 15) is 27.6 Å². The number of rotatable bonds is 3. The number of hydrogen-bond acceptors (Lipinski definition) is 4. The number of carbonyl (C=O) groups is 3. The van der Waals surface area contributed by atoms with Gasteiger partial charge in [-0.25, -0.2) is 18.0 Å². The summed E-state index contributed by atoms with van der Waals surface area (Å²) in [5, 5.41) is 0. The quantitative estimate of drug-likeness (QED) is 0.453. The molecule has 3 aromatic rings. The van der Waals surface area contributed by atoms with Gasteiger partial charge in [-0.15, -0.1) is 0 Å². The van der Waals surface area contributed by atoms with Gasteiger partial charge in [-0.1, -0.05) is 0 Å². The van der Waals surface area contributed by atoms with Gasteiger partial charge in [0.05, 0.1) is 12.7 Å². The molecule has 2 aliphatic heterocycles. The third-order valence-corrected chi connectivity index (χ3v) is 7.58.